The Morgan fingerprint density at radius 1 is 0.583 bits per heavy atom. The summed E-state index contributed by atoms with van der Waals surface area (Å²) < 4.78 is 37.2. The fourth-order valence-electron chi connectivity index (χ4n) is 3.59. The zero-order valence-corrected chi connectivity index (χ0v) is 27.6. The number of phosphoric ester groups is 2. The monoisotopic (exact) mass is 722 g/mol. The van der Waals surface area contributed by atoms with E-state index < -0.39 is 27.2 Å². The van der Waals surface area contributed by atoms with Gasteiger partial charge in [0.1, 0.15) is 11.5 Å². The number of hydrogen-bond donors (Lipinski definition) is 12. The number of esters is 1. The van der Waals surface area contributed by atoms with Crippen LogP contribution < -0.4 is 32.0 Å². The number of ether oxygens (including phenoxy) is 1. The summed E-state index contributed by atoms with van der Waals surface area (Å²) in [6, 6.07) is 18.0. The van der Waals surface area contributed by atoms with Crippen LogP contribution in [0.5, 0.6) is 11.5 Å². The van der Waals surface area contributed by atoms with Crippen molar-refractivity contribution >= 4 is 21.6 Å². The Morgan fingerprint density at radius 3 is 1.19 bits per heavy atom. The topological polar surface area (TPSA) is 345 Å². The lowest BCUT2D eigenvalue weighted by atomic mass is 9.80. The van der Waals surface area contributed by atoms with Gasteiger partial charge in [-0.3, -0.25) is 19.6 Å². The Labute approximate surface area is 277 Å². The van der Waals surface area contributed by atoms with Gasteiger partial charge in [0.15, 0.2) is 5.60 Å². The van der Waals surface area contributed by atoms with Gasteiger partial charge in [0.25, 0.3) is 0 Å². The molecule has 0 bridgehead atoms. The maximum absolute atomic E-state index is 12.7. The molecule has 3 aromatic carbocycles. The van der Waals surface area contributed by atoms with Crippen LogP contribution in [0.3, 0.4) is 0 Å². The molecule has 0 spiro atoms. The van der Waals surface area contributed by atoms with Gasteiger partial charge >= 0.3 is 21.6 Å². The van der Waals surface area contributed by atoms with E-state index in [4.69, 9.17) is 67.7 Å². The number of cyclic esters (lactones) is 1. The Morgan fingerprint density at radius 2 is 0.896 bits per heavy atom. The number of fused-ring (bicyclic) bond motifs is 1. The normalized spacial score (nSPS) is 12.5. The van der Waals surface area contributed by atoms with Crippen molar-refractivity contribution in [3.05, 3.63) is 95.1 Å². The van der Waals surface area contributed by atoms with E-state index in [1.807, 2.05) is 0 Å². The molecule has 0 atom stereocenters. The van der Waals surface area contributed by atoms with Crippen LogP contribution in [-0.4, -0.2) is 98.6 Å². The summed E-state index contributed by atoms with van der Waals surface area (Å²) in [5.41, 5.74) is 19.5. The molecule has 270 valence electrons. The van der Waals surface area contributed by atoms with Gasteiger partial charge in [0.2, 0.25) is 0 Å². The number of phosphoric acid groups is 2. The fraction of sp³-hybridized carbons (Fsp3) is 0.321. The molecule has 4 rings (SSSR count). The highest BCUT2D eigenvalue weighted by atomic mass is 31.2. The fourth-order valence-corrected chi connectivity index (χ4v) is 4.38. The summed E-state index contributed by atoms with van der Waals surface area (Å²) in [6.07, 6.45) is 0. The van der Waals surface area contributed by atoms with Gasteiger partial charge in [-0.1, -0.05) is 42.5 Å². The minimum Gasteiger partial charge on any atom is -0.441 e. The highest BCUT2D eigenvalue weighted by Crippen LogP contribution is 2.48. The van der Waals surface area contributed by atoms with E-state index in [0.29, 0.717) is 48.4 Å². The molecule has 1 heterocycles. The van der Waals surface area contributed by atoms with Crippen molar-refractivity contribution in [2.45, 2.75) is 5.60 Å². The summed E-state index contributed by atoms with van der Waals surface area (Å²) in [6.45, 7) is 1.89. The first-order valence-electron chi connectivity index (χ1n) is 13.9. The zero-order chi connectivity index (χ0) is 36.8. The smallest absolute Gasteiger partial charge is 0.441 e. The Balaban J connectivity index is 0.00000116. The molecule has 0 saturated carbocycles. The predicted octanol–water partition coefficient (Wildman–Crippen LogP) is -1.16. The van der Waals surface area contributed by atoms with Crippen molar-refractivity contribution in [1.29, 1.82) is 0 Å². The van der Waals surface area contributed by atoms with Gasteiger partial charge in [-0.05, 0) is 30.3 Å². The minimum atomic E-state index is -4.75. The van der Waals surface area contributed by atoms with Crippen molar-refractivity contribution in [2.75, 3.05) is 52.6 Å². The van der Waals surface area contributed by atoms with Gasteiger partial charge in [0, 0.05) is 42.9 Å². The molecule has 48 heavy (non-hydrogen) atoms. The molecular weight excluding hydrogens is 678 g/mol. The van der Waals surface area contributed by atoms with E-state index in [9.17, 15) is 13.9 Å². The molecule has 0 saturated heterocycles. The number of hydrogen-bond acceptors (Lipinski definition) is 14. The van der Waals surface area contributed by atoms with Crippen molar-refractivity contribution in [1.82, 2.24) is 0 Å². The van der Waals surface area contributed by atoms with Crippen molar-refractivity contribution in [2.24, 2.45) is 22.9 Å². The van der Waals surface area contributed by atoms with Crippen LogP contribution in [-0.2, 0) is 19.5 Å². The van der Waals surface area contributed by atoms with Crippen LogP contribution in [0.2, 0.25) is 0 Å². The molecule has 3 aromatic rings. The molecule has 0 unspecified atom stereocenters. The molecule has 0 fully saturated rings. The van der Waals surface area contributed by atoms with Crippen molar-refractivity contribution < 1.29 is 67.7 Å². The Hall–Kier alpha value is -3.29. The number of rotatable bonds is 10. The SMILES string of the molecule is NCCO.NCCO.NCCO.NCCO.O=C1OC(c2ccc(OP(=O)(O)O)cc2)(c2ccc(OP(=O)(O)O)cc2)c2ccccc21. The summed E-state index contributed by atoms with van der Waals surface area (Å²) in [5, 5.41) is 31.0. The largest absolute Gasteiger partial charge is 0.524 e. The Bertz CT molecular complexity index is 1330. The third kappa shape index (κ3) is 15.7. The van der Waals surface area contributed by atoms with Crippen LogP contribution in [0.15, 0.2) is 72.8 Å². The second-order valence-electron chi connectivity index (χ2n) is 8.88. The van der Waals surface area contributed by atoms with E-state index >= 15 is 0 Å². The molecule has 0 amide bonds. The number of aliphatic hydroxyl groups excluding tert-OH is 4. The van der Waals surface area contributed by atoms with E-state index in [2.05, 4.69) is 9.05 Å². The standard InChI is InChI=1S/C20H16O10P2.4C2H7NO/c21-19-17-3-1-2-4-18(17)20(28-19,13-5-9-15(10-6-13)29-31(22,23)24)14-7-11-16(12-8-14)30-32(25,26)27;4*3-1-2-4/h1-12H,(H2,22,23,24)(H2,25,26,27);4*4H,1-3H2. The van der Waals surface area contributed by atoms with Gasteiger partial charge in [-0.2, -0.15) is 0 Å². The summed E-state index contributed by atoms with van der Waals surface area (Å²) >= 11 is 0. The van der Waals surface area contributed by atoms with E-state index in [0.717, 1.165) is 0 Å². The summed E-state index contributed by atoms with van der Waals surface area (Å²) in [7, 11) is -9.50. The van der Waals surface area contributed by atoms with Gasteiger partial charge < -0.3 is 57.1 Å². The lowest BCUT2D eigenvalue weighted by molar-refractivity contribution is 0.0251. The lowest BCUT2D eigenvalue weighted by Gasteiger charge is -2.30. The molecule has 16 N–H and O–H groups in total. The molecule has 1 aliphatic rings. The molecule has 18 nitrogen and oxygen atoms in total. The molecule has 0 radical (unpaired) electrons. The van der Waals surface area contributed by atoms with Crippen LogP contribution in [0.1, 0.15) is 27.0 Å². The number of aliphatic hydroxyl groups is 4. The van der Waals surface area contributed by atoms with Gasteiger partial charge in [-0.15, -0.1) is 0 Å². The van der Waals surface area contributed by atoms with Crippen LogP contribution >= 0.6 is 15.6 Å². The predicted molar refractivity (Wildman–Crippen MR) is 175 cm³/mol. The van der Waals surface area contributed by atoms with E-state index in [1.165, 1.54) is 48.5 Å². The maximum atomic E-state index is 12.7. The van der Waals surface area contributed by atoms with Crippen LogP contribution in [0.4, 0.5) is 0 Å². The number of nitrogens with two attached hydrogens (primary N) is 4. The molecular formula is C28H44N4O14P2. The van der Waals surface area contributed by atoms with E-state index in [1.54, 1.807) is 24.3 Å². The number of carbonyl (C=O) groups excluding carboxylic acids is 1. The average molecular weight is 723 g/mol. The third-order valence-electron chi connectivity index (χ3n) is 5.26. The summed E-state index contributed by atoms with van der Waals surface area (Å²) in [4.78, 5) is 48.7. The molecule has 0 aliphatic carbocycles. The highest BCUT2D eigenvalue weighted by molar-refractivity contribution is 7.47. The second-order valence-corrected chi connectivity index (χ2v) is 11.2. The molecule has 20 heteroatoms. The highest BCUT2D eigenvalue weighted by Gasteiger charge is 2.48. The first kappa shape index (κ1) is 44.7. The Kier molecular flexibility index (Phi) is 21.5. The number of carbonyl (C=O) groups is 1. The van der Waals surface area contributed by atoms with Crippen LogP contribution in [0, 0.1) is 0 Å². The second kappa shape index (κ2) is 23.1. The van der Waals surface area contributed by atoms with Gasteiger partial charge in [-0.25, -0.2) is 13.9 Å². The van der Waals surface area contributed by atoms with Crippen molar-refractivity contribution in [3.8, 4) is 11.5 Å². The van der Waals surface area contributed by atoms with E-state index in [-0.39, 0.29) is 37.9 Å². The molecule has 0 aromatic heterocycles. The first-order valence-corrected chi connectivity index (χ1v) is 17.0. The lowest BCUT2D eigenvalue weighted by Crippen LogP contribution is -2.29. The average Bonchev–Trinajstić information content (AvgIpc) is 3.37. The maximum Gasteiger partial charge on any atom is 0.524 e. The zero-order valence-electron chi connectivity index (χ0n) is 25.8. The van der Waals surface area contributed by atoms with Gasteiger partial charge in [0.05, 0.1) is 32.0 Å². The van der Waals surface area contributed by atoms with Crippen LogP contribution in [0.25, 0.3) is 0 Å². The van der Waals surface area contributed by atoms with Crippen molar-refractivity contribution in [3.63, 3.8) is 0 Å². The first-order chi connectivity index (χ1) is 22.6. The minimum absolute atomic E-state index is 0.0831. The molecule has 1 aliphatic heterocycles. The number of benzene rings is 3. The third-order valence-corrected chi connectivity index (χ3v) is 6.16. The summed E-state index contributed by atoms with van der Waals surface area (Å²) in [5.74, 6) is -0.743. The quantitative estimate of drug-likeness (QED) is 0.0867.